The summed E-state index contributed by atoms with van der Waals surface area (Å²) in [7, 11) is 0. The van der Waals surface area contributed by atoms with Crippen LogP contribution < -0.4 is 0 Å². The topological polar surface area (TPSA) is 33.2 Å². The van der Waals surface area contributed by atoms with Gasteiger partial charge in [0.25, 0.3) is 5.91 Å². The Morgan fingerprint density at radius 1 is 1.19 bits per heavy atom. The second-order valence-electron chi connectivity index (χ2n) is 6.19. The number of fused-ring (bicyclic) bond motifs is 1. The minimum absolute atomic E-state index is 0.0825. The molecule has 1 aliphatic rings. The van der Waals surface area contributed by atoms with E-state index in [1.54, 1.807) is 0 Å². The molecule has 3 heteroatoms. The van der Waals surface area contributed by atoms with Gasteiger partial charge >= 0.3 is 0 Å². The second-order valence-corrected chi connectivity index (χ2v) is 6.19. The fraction of sp³-hybridized carbons (Fsp3) is 0.444. The lowest BCUT2D eigenvalue weighted by molar-refractivity contribution is 0.0537. The van der Waals surface area contributed by atoms with E-state index < -0.39 is 0 Å². The molecule has 1 saturated heterocycles. The second kappa shape index (κ2) is 5.84. The van der Waals surface area contributed by atoms with Gasteiger partial charge in [0, 0.05) is 18.0 Å². The fourth-order valence-corrected chi connectivity index (χ4v) is 3.23. The summed E-state index contributed by atoms with van der Waals surface area (Å²) in [6.07, 6.45) is 3.43. The molecular weight excluding hydrogens is 260 g/mol. The SMILES string of the molecule is CC(C)C1CCCCN1C(=O)c1ccc2ccccc2n1. The van der Waals surface area contributed by atoms with Crippen molar-refractivity contribution in [3.8, 4) is 0 Å². The summed E-state index contributed by atoms with van der Waals surface area (Å²) in [4.78, 5) is 19.4. The predicted molar refractivity (Wildman–Crippen MR) is 85.3 cm³/mol. The van der Waals surface area contributed by atoms with Crippen molar-refractivity contribution >= 4 is 16.8 Å². The molecule has 110 valence electrons. The zero-order chi connectivity index (χ0) is 14.8. The van der Waals surface area contributed by atoms with E-state index in [0.717, 1.165) is 30.3 Å². The number of piperidine rings is 1. The van der Waals surface area contributed by atoms with E-state index in [2.05, 4.69) is 18.8 Å². The van der Waals surface area contributed by atoms with Gasteiger partial charge in [-0.3, -0.25) is 4.79 Å². The van der Waals surface area contributed by atoms with Crippen LogP contribution in [0.4, 0.5) is 0 Å². The Morgan fingerprint density at radius 3 is 2.81 bits per heavy atom. The molecular formula is C18H22N2O. The first-order chi connectivity index (χ1) is 10.2. The van der Waals surface area contributed by atoms with Gasteiger partial charge in [-0.15, -0.1) is 0 Å². The molecule has 0 saturated carbocycles. The van der Waals surface area contributed by atoms with Crippen molar-refractivity contribution in [3.63, 3.8) is 0 Å². The smallest absolute Gasteiger partial charge is 0.272 e. The highest BCUT2D eigenvalue weighted by atomic mass is 16.2. The van der Waals surface area contributed by atoms with E-state index in [1.165, 1.54) is 6.42 Å². The zero-order valence-corrected chi connectivity index (χ0v) is 12.7. The normalized spacial score (nSPS) is 19.2. The molecule has 1 amide bonds. The van der Waals surface area contributed by atoms with Crippen LogP contribution in [0, 0.1) is 5.92 Å². The third-order valence-electron chi connectivity index (χ3n) is 4.40. The van der Waals surface area contributed by atoms with Crippen LogP contribution in [0.15, 0.2) is 36.4 Å². The summed E-state index contributed by atoms with van der Waals surface area (Å²) >= 11 is 0. The molecule has 0 aliphatic carbocycles. The van der Waals surface area contributed by atoms with Crippen LogP contribution in [-0.2, 0) is 0 Å². The minimum atomic E-state index is 0.0825. The van der Waals surface area contributed by atoms with E-state index >= 15 is 0 Å². The predicted octanol–water partition coefficient (Wildman–Crippen LogP) is 3.89. The van der Waals surface area contributed by atoms with E-state index in [1.807, 2.05) is 41.3 Å². The number of pyridine rings is 1. The third kappa shape index (κ3) is 2.78. The van der Waals surface area contributed by atoms with Gasteiger partial charge in [-0.25, -0.2) is 4.98 Å². The lowest BCUT2D eigenvalue weighted by Crippen LogP contribution is -2.46. The van der Waals surface area contributed by atoms with Gasteiger partial charge < -0.3 is 4.90 Å². The summed E-state index contributed by atoms with van der Waals surface area (Å²) in [5, 5.41) is 1.08. The fourth-order valence-electron chi connectivity index (χ4n) is 3.23. The standard InChI is InChI=1S/C18H22N2O/c1-13(2)17-9-5-6-12-20(17)18(21)16-11-10-14-7-3-4-8-15(14)19-16/h3-4,7-8,10-11,13,17H,5-6,9,12H2,1-2H3. The van der Waals surface area contributed by atoms with Crippen LogP contribution in [0.25, 0.3) is 10.9 Å². The molecule has 0 N–H and O–H groups in total. The first-order valence-corrected chi connectivity index (χ1v) is 7.83. The van der Waals surface area contributed by atoms with E-state index in [-0.39, 0.29) is 5.91 Å². The average Bonchev–Trinajstić information content (AvgIpc) is 2.53. The zero-order valence-electron chi connectivity index (χ0n) is 12.7. The number of para-hydroxylation sites is 1. The molecule has 0 spiro atoms. The van der Waals surface area contributed by atoms with Gasteiger partial charge in [-0.05, 0) is 37.3 Å². The Balaban J connectivity index is 1.91. The van der Waals surface area contributed by atoms with E-state index in [4.69, 9.17) is 0 Å². The maximum atomic E-state index is 12.8. The van der Waals surface area contributed by atoms with Crippen LogP contribution in [0.5, 0.6) is 0 Å². The average molecular weight is 282 g/mol. The summed E-state index contributed by atoms with van der Waals surface area (Å²) in [6.45, 7) is 5.25. The Hall–Kier alpha value is -1.90. The Bertz CT molecular complexity index is 650. The molecule has 0 bridgehead atoms. The lowest BCUT2D eigenvalue weighted by Gasteiger charge is -2.38. The monoisotopic (exact) mass is 282 g/mol. The number of nitrogens with zero attached hydrogens (tertiary/aromatic N) is 2. The molecule has 2 heterocycles. The highest BCUT2D eigenvalue weighted by molar-refractivity contribution is 5.95. The molecule has 1 atom stereocenters. The number of hydrogen-bond donors (Lipinski definition) is 0. The molecule has 21 heavy (non-hydrogen) atoms. The Kier molecular flexibility index (Phi) is 3.91. The van der Waals surface area contributed by atoms with Crippen LogP contribution in [0.1, 0.15) is 43.6 Å². The Labute approximate surface area is 126 Å². The number of carbonyl (C=O) groups excluding carboxylic acids is 1. The van der Waals surface area contributed by atoms with Gasteiger partial charge in [0.1, 0.15) is 5.69 Å². The molecule has 1 fully saturated rings. The number of carbonyl (C=O) groups is 1. The van der Waals surface area contributed by atoms with Crippen molar-refractivity contribution < 1.29 is 4.79 Å². The first-order valence-electron chi connectivity index (χ1n) is 7.83. The molecule has 2 aromatic rings. The number of likely N-dealkylation sites (tertiary alicyclic amines) is 1. The highest BCUT2D eigenvalue weighted by Gasteiger charge is 2.30. The number of amides is 1. The van der Waals surface area contributed by atoms with Gasteiger partial charge in [0.15, 0.2) is 0 Å². The van der Waals surface area contributed by atoms with Crippen molar-refractivity contribution in [3.05, 3.63) is 42.1 Å². The van der Waals surface area contributed by atoms with Crippen LogP contribution in [-0.4, -0.2) is 28.4 Å². The molecule has 1 aliphatic heterocycles. The van der Waals surface area contributed by atoms with E-state index in [9.17, 15) is 4.79 Å². The quantitative estimate of drug-likeness (QED) is 0.837. The molecule has 0 radical (unpaired) electrons. The summed E-state index contributed by atoms with van der Waals surface area (Å²) < 4.78 is 0. The Morgan fingerprint density at radius 2 is 2.00 bits per heavy atom. The van der Waals surface area contributed by atoms with Crippen molar-refractivity contribution in [1.29, 1.82) is 0 Å². The van der Waals surface area contributed by atoms with Gasteiger partial charge in [0.2, 0.25) is 0 Å². The number of rotatable bonds is 2. The number of hydrogen-bond acceptors (Lipinski definition) is 2. The van der Waals surface area contributed by atoms with Crippen LogP contribution >= 0.6 is 0 Å². The maximum absolute atomic E-state index is 12.8. The van der Waals surface area contributed by atoms with Crippen molar-refractivity contribution in [2.24, 2.45) is 5.92 Å². The van der Waals surface area contributed by atoms with Crippen LogP contribution in [0.2, 0.25) is 0 Å². The molecule has 3 rings (SSSR count). The summed E-state index contributed by atoms with van der Waals surface area (Å²) in [5.41, 5.74) is 1.46. The summed E-state index contributed by atoms with van der Waals surface area (Å²) in [5.74, 6) is 0.578. The largest absolute Gasteiger partial charge is 0.334 e. The van der Waals surface area contributed by atoms with Crippen molar-refractivity contribution in [1.82, 2.24) is 9.88 Å². The third-order valence-corrected chi connectivity index (χ3v) is 4.40. The number of benzene rings is 1. The minimum Gasteiger partial charge on any atom is -0.334 e. The first kappa shape index (κ1) is 14.1. The highest BCUT2D eigenvalue weighted by Crippen LogP contribution is 2.25. The molecule has 1 aromatic heterocycles. The van der Waals surface area contributed by atoms with Gasteiger partial charge in [0.05, 0.1) is 5.52 Å². The van der Waals surface area contributed by atoms with Gasteiger partial charge in [-0.1, -0.05) is 38.1 Å². The lowest BCUT2D eigenvalue weighted by atomic mass is 9.92. The van der Waals surface area contributed by atoms with E-state index in [0.29, 0.717) is 17.7 Å². The van der Waals surface area contributed by atoms with Crippen LogP contribution in [0.3, 0.4) is 0 Å². The van der Waals surface area contributed by atoms with Crippen molar-refractivity contribution in [2.45, 2.75) is 39.2 Å². The van der Waals surface area contributed by atoms with Gasteiger partial charge in [-0.2, -0.15) is 0 Å². The molecule has 1 aromatic carbocycles. The van der Waals surface area contributed by atoms with Crippen molar-refractivity contribution in [2.75, 3.05) is 6.54 Å². The number of aromatic nitrogens is 1. The molecule has 1 unspecified atom stereocenters. The molecule has 3 nitrogen and oxygen atoms in total. The summed E-state index contributed by atoms with van der Waals surface area (Å²) in [6, 6.07) is 12.1. The maximum Gasteiger partial charge on any atom is 0.272 e.